The van der Waals surface area contributed by atoms with Gasteiger partial charge in [0.25, 0.3) is 0 Å². The molecule has 1 unspecified atom stereocenters. The van der Waals surface area contributed by atoms with Crippen molar-refractivity contribution in [2.24, 2.45) is 11.7 Å². The van der Waals surface area contributed by atoms with Crippen molar-refractivity contribution in [1.29, 1.82) is 0 Å². The Morgan fingerprint density at radius 3 is 3.00 bits per heavy atom. The van der Waals surface area contributed by atoms with E-state index in [0.29, 0.717) is 18.3 Å². The average Bonchev–Trinajstić information content (AvgIpc) is 3.10. The lowest BCUT2D eigenvalue weighted by Crippen LogP contribution is -2.31. The van der Waals surface area contributed by atoms with Crippen LogP contribution >= 0.6 is 0 Å². The second kappa shape index (κ2) is 4.44. The summed E-state index contributed by atoms with van der Waals surface area (Å²) in [6.45, 7) is 0.471. The molecule has 0 aromatic carbocycles. The fraction of sp³-hybridized carbons (Fsp3) is 0.500. The molecule has 1 aromatic rings. The van der Waals surface area contributed by atoms with Crippen molar-refractivity contribution in [2.45, 2.75) is 18.9 Å². The Bertz CT molecular complexity index is 392. The minimum atomic E-state index is -0.435. The molecular weight excluding hydrogens is 208 g/mol. The monoisotopic (exact) mass is 222 g/mol. The quantitative estimate of drug-likeness (QED) is 0.575. The first-order chi connectivity index (χ1) is 7.72. The van der Waals surface area contributed by atoms with E-state index < -0.39 is 4.92 Å². The van der Waals surface area contributed by atoms with Gasteiger partial charge in [-0.2, -0.15) is 0 Å². The van der Waals surface area contributed by atoms with E-state index in [4.69, 9.17) is 5.73 Å². The first kappa shape index (κ1) is 10.8. The van der Waals surface area contributed by atoms with E-state index in [2.05, 4.69) is 10.3 Å². The third-order valence-electron chi connectivity index (χ3n) is 2.75. The van der Waals surface area contributed by atoms with Crippen LogP contribution in [0.3, 0.4) is 0 Å². The van der Waals surface area contributed by atoms with Gasteiger partial charge in [0.15, 0.2) is 0 Å². The van der Waals surface area contributed by atoms with Crippen molar-refractivity contribution in [3.63, 3.8) is 0 Å². The molecule has 0 amide bonds. The van der Waals surface area contributed by atoms with Crippen LogP contribution in [0.25, 0.3) is 0 Å². The molecule has 0 spiro atoms. The molecule has 86 valence electrons. The summed E-state index contributed by atoms with van der Waals surface area (Å²) in [5.74, 6) is 0.849. The summed E-state index contributed by atoms with van der Waals surface area (Å²) < 4.78 is 0. The summed E-state index contributed by atoms with van der Waals surface area (Å²) in [5, 5.41) is 13.8. The van der Waals surface area contributed by atoms with Gasteiger partial charge in [0.2, 0.25) is 5.82 Å². The topological polar surface area (TPSA) is 94.1 Å². The Kier molecular flexibility index (Phi) is 3.00. The molecule has 3 N–H and O–H groups in total. The first-order valence-corrected chi connectivity index (χ1v) is 5.28. The number of aromatic nitrogens is 1. The van der Waals surface area contributed by atoms with Gasteiger partial charge in [-0.3, -0.25) is 10.1 Å². The standard InChI is InChI=1S/C10H14N4O2/c11-6-8(7-3-4-7)13-10-9(14(15)16)2-1-5-12-10/h1-2,5,7-8H,3-4,6,11H2,(H,12,13). The molecule has 1 heterocycles. The fourth-order valence-electron chi connectivity index (χ4n) is 1.70. The number of nitro groups is 1. The highest BCUT2D eigenvalue weighted by Gasteiger charge is 2.31. The molecule has 1 aromatic heterocycles. The van der Waals surface area contributed by atoms with Gasteiger partial charge >= 0.3 is 5.69 Å². The number of anilines is 1. The third-order valence-corrected chi connectivity index (χ3v) is 2.75. The maximum atomic E-state index is 10.8. The van der Waals surface area contributed by atoms with E-state index >= 15 is 0 Å². The molecule has 1 fully saturated rings. The largest absolute Gasteiger partial charge is 0.360 e. The van der Waals surface area contributed by atoms with Crippen LogP contribution in [0.5, 0.6) is 0 Å². The first-order valence-electron chi connectivity index (χ1n) is 5.28. The second-order valence-electron chi connectivity index (χ2n) is 3.95. The van der Waals surface area contributed by atoms with Crippen LogP contribution in [0.4, 0.5) is 11.5 Å². The van der Waals surface area contributed by atoms with Gasteiger partial charge in [0.05, 0.1) is 4.92 Å². The highest BCUT2D eigenvalue weighted by molar-refractivity contribution is 5.55. The molecule has 0 saturated heterocycles. The molecule has 1 aliphatic carbocycles. The molecule has 0 bridgehead atoms. The molecule has 1 aliphatic rings. The van der Waals surface area contributed by atoms with E-state index in [1.54, 1.807) is 6.07 Å². The summed E-state index contributed by atoms with van der Waals surface area (Å²) in [7, 11) is 0. The van der Waals surface area contributed by atoms with Crippen molar-refractivity contribution in [1.82, 2.24) is 4.98 Å². The van der Waals surface area contributed by atoms with Crippen LogP contribution in [-0.2, 0) is 0 Å². The molecule has 1 saturated carbocycles. The van der Waals surface area contributed by atoms with Crippen molar-refractivity contribution in [3.8, 4) is 0 Å². The molecule has 0 radical (unpaired) electrons. The summed E-state index contributed by atoms with van der Waals surface area (Å²) in [6.07, 6.45) is 3.81. The van der Waals surface area contributed by atoms with Crippen molar-refractivity contribution in [2.75, 3.05) is 11.9 Å². The molecule has 6 heteroatoms. The zero-order valence-corrected chi connectivity index (χ0v) is 8.80. The van der Waals surface area contributed by atoms with Gasteiger partial charge in [-0.1, -0.05) is 0 Å². The number of nitrogens with zero attached hydrogens (tertiary/aromatic N) is 2. The number of hydrogen-bond acceptors (Lipinski definition) is 5. The van der Waals surface area contributed by atoms with E-state index in [0.717, 1.165) is 12.8 Å². The van der Waals surface area contributed by atoms with Gasteiger partial charge in [0, 0.05) is 24.8 Å². The molecule has 1 atom stereocenters. The number of nitrogens with two attached hydrogens (primary N) is 1. The summed E-state index contributed by atoms with van der Waals surface area (Å²) in [5.41, 5.74) is 5.63. The summed E-state index contributed by atoms with van der Waals surface area (Å²) >= 11 is 0. The highest BCUT2D eigenvalue weighted by atomic mass is 16.6. The fourth-order valence-corrected chi connectivity index (χ4v) is 1.70. The molecule has 2 rings (SSSR count). The van der Waals surface area contributed by atoms with Gasteiger partial charge < -0.3 is 11.1 Å². The SMILES string of the molecule is NCC(Nc1ncccc1[N+](=O)[O-])C1CC1. The summed E-state index contributed by atoms with van der Waals surface area (Å²) in [6, 6.07) is 3.09. The van der Waals surface area contributed by atoms with E-state index in [9.17, 15) is 10.1 Å². The number of rotatable bonds is 5. The van der Waals surface area contributed by atoms with Crippen molar-refractivity contribution >= 4 is 11.5 Å². The van der Waals surface area contributed by atoms with Crippen LogP contribution in [-0.4, -0.2) is 22.5 Å². The van der Waals surface area contributed by atoms with E-state index in [1.807, 2.05) is 0 Å². The molecule has 16 heavy (non-hydrogen) atoms. The van der Waals surface area contributed by atoms with Crippen molar-refractivity contribution in [3.05, 3.63) is 28.4 Å². The van der Waals surface area contributed by atoms with Crippen LogP contribution in [0.15, 0.2) is 18.3 Å². The Morgan fingerprint density at radius 1 is 1.69 bits per heavy atom. The predicted octanol–water partition coefficient (Wildman–Crippen LogP) is 1.14. The Balaban J connectivity index is 2.15. The zero-order chi connectivity index (χ0) is 11.5. The maximum Gasteiger partial charge on any atom is 0.311 e. The smallest absolute Gasteiger partial charge is 0.311 e. The number of pyridine rings is 1. The van der Waals surface area contributed by atoms with Crippen molar-refractivity contribution < 1.29 is 4.92 Å². The molecule has 0 aliphatic heterocycles. The third kappa shape index (κ3) is 2.27. The summed E-state index contributed by atoms with van der Waals surface area (Å²) in [4.78, 5) is 14.3. The number of nitrogens with one attached hydrogen (secondary N) is 1. The van der Waals surface area contributed by atoms with E-state index in [1.165, 1.54) is 12.3 Å². The molecule has 6 nitrogen and oxygen atoms in total. The van der Waals surface area contributed by atoms with Crippen LogP contribution in [0.2, 0.25) is 0 Å². The second-order valence-corrected chi connectivity index (χ2v) is 3.95. The number of hydrogen-bond donors (Lipinski definition) is 2. The predicted molar refractivity (Wildman–Crippen MR) is 60.1 cm³/mol. The van der Waals surface area contributed by atoms with Crippen LogP contribution in [0.1, 0.15) is 12.8 Å². The lowest BCUT2D eigenvalue weighted by Gasteiger charge is -2.16. The van der Waals surface area contributed by atoms with Gasteiger partial charge in [-0.15, -0.1) is 0 Å². The lowest BCUT2D eigenvalue weighted by molar-refractivity contribution is -0.384. The highest BCUT2D eigenvalue weighted by Crippen LogP contribution is 2.34. The lowest BCUT2D eigenvalue weighted by atomic mass is 10.2. The van der Waals surface area contributed by atoms with Crippen LogP contribution in [0, 0.1) is 16.0 Å². The maximum absolute atomic E-state index is 10.8. The average molecular weight is 222 g/mol. The normalized spacial score (nSPS) is 16.8. The van der Waals surface area contributed by atoms with Gasteiger partial charge in [-0.05, 0) is 24.8 Å². The van der Waals surface area contributed by atoms with E-state index in [-0.39, 0.29) is 11.7 Å². The minimum absolute atomic E-state index is 0.00148. The van der Waals surface area contributed by atoms with Gasteiger partial charge in [0.1, 0.15) is 0 Å². The Labute approximate surface area is 93.0 Å². The zero-order valence-electron chi connectivity index (χ0n) is 8.80. The molecular formula is C10H14N4O2. The van der Waals surface area contributed by atoms with Crippen LogP contribution < -0.4 is 11.1 Å². The Hall–Kier alpha value is -1.69. The minimum Gasteiger partial charge on any atom is -0.360 e. The Morgan fingerprint density at radius 2 is 2.44 bits per heavy atom. The van der Waals surface area contributed by atoms with Gasteiger partial charge in [-0.25, -0.2) is 4.98 Å².